The van der Waals surface area contributed by atoms with Crippen molar-refractivity contribution in [2.24, 2.45) is 5.41 Å². The first kappa shape index (κ1) is 23.7. The molecular formula is C22H28N4O5S. The normalized spacial score (nSPS) is 16.6. The van der Waals surface area contributed by atoms with Gasteiger partial charge in [0.2, 0.25) is 5.91 Å². The maximum absolute atomic E-state index is 13.1. The van der Waals surface area contributed by atoms with E-state index in [0.29, 0.717) is 30.2 Å². The molecule has 1 fully saturated rings. The van der Waals surface area contributed by atoms with Crippen molar-refractivity contribution in [2.75, 3.05) is 11.6 Å². The van der Waals surface area contributed by atoms with Crippen molar-refractivity contribution < 1.29 is 17.6 Å². The average Bonchev–Trinajstić information content (AvgIpc) is 2.62. The molecule has 1 aliphatic rings. The molecule has 32 heavy (non-hydrogen) atoms. The molecule has 0 radical (unpaired) electrons. The van der Waals surface area contributed by atoms with E-state index in [2.05, 4.69) is 21.7 Å². The Morgan fingerprint density at radius 2 is 2.03 bits per heavy atom. The van der Waals surface area contributed by atoms with Crippen molar-refractivity contribution in [3.8, 4) is 6.07 Å². The molecule has 1 heterocycles. The summed E-state index contributed by atoms with van der Waals surface area (Å²) in [5.41, 5.74) is -0.654. The number of sulfone groups is 1. The Balaban J connectivity index is 2.01. The van der Waals surface area contributed by atoms with E-state index < -0.39 is 27.2 Å². The molecule has 1 unspecified atom stereocenters. The number of rotatable bonds is 7. The molecule has 1 saturated carbocycles. The lowest BCUT2D eigenvalue weighted by Crippen LogP contribution is -2.56. The van der Waals surface area contributed by atoms with Gasteiger partial charge in [0.15, 0.2) is 9.84 Å². The van der Waals surface area contributed by atoms with Crippen molar-refractivity contribution in [2.45, 2.75) is 63.8 Å². The van der Waals surface area contributed by atoms with Crippen LogP contribution in [0, 0.1) is 16.7 Å². The summed E-state index contributed by atoms with van der Waals surface area (Å²) in [5.74, 6) is -1.41. The number of carbonyl (C=O) groups excluding carboxylic acids is 1. The van der Waals surface area contributed by atoms with Crippen molar-refractivity contribution >= 4 is 32.5 Å². The number of benzene rings is 1. The topological polar surface area (TPSA) is 142 Å². The number of fused-ring (bicyclic) bond motifs is 1. The fourth-order valence-electron chi connectivity index (χ4n) is 3.76. The summed E-state index contributed by atoms with van der Waals surface area (Å²) in [6.07, 6.45) is 3.58. The number of anilines is 1. The maximum Gasteiger partial charge on any atom is 0.441 e. The molecule has 1 aromatic heterocycles. The van der Waals surface area contributed by atoms with Crippen LogP contribution in [0.25, 0.3) is 11.0 Å². The Morgan fingerprint density at radius 1 is 1.34 bits per heavy atom. The maximum atomic E-state index is 13.1. The zero-order valence-electron chi connectivity index (χ0n) is 18.7. The largest absolute Gasteiger partial charge is 0.441 e. The minimum atomic E-state index is -3.37. The SMILES string of the molecule is CC(C)(C)CC(Nc1nc(=O)oc2c(CS(C)(=O)=O)cccc12)C(=O)NC1(C#N)CCC1. The molecule has 1 amide bonds. The summed E-state index contributed by atoms with van der Waals surface area (Å²) in [4.78, 5) is 29.2. The van der Waals surface area contributed by atoms with Gasteiger partial charge in [-0.05, 0) is 37.2 Å². The molecule has 9 nitrogen and oxygen atoms in total. The van der Waals surface area contributed by atoms with Crippen LogP contribution < -0.4 is 16.4 Å². The van der Waals surface area contributed by atoms with Crippen molar-refractivity contribution in [3.63, 3.8) is 0 Å². The standard InChI is InChI=1S/C22H28N4O5S/c1-21(2,3)11-16(19(27)26-22(13-23)9-6-10-22)24-18-15-8-5-7-14(12-32(4,29)30)17(15)31-20(28)25-18/h5,7-8,16H,6,9-12H2,1-4H3,(H,26,27)(H,24,25,28). The molecule has 172 valence electrons. The molecule has 1 atom stereocenters. The van der Waals surface area contributed by atoms with Gasteiger partial charge in [-0.2, -0.15) is 10.2 Å². The summed E-state index contributed by atoms with van der Waals surface area (Å²) < 4.78 is 28.8. The third kappa shape index (κ3) is 5.65. The fraction of sp³-hybridized carbons (Fsp3) is 0.545. The molecule has 0 spiro atoms. The predicted octanol–water partition coefficient (Wildman–Crippen LogP) is 2.51. The highest BCUT2D eigenvalue weighted by molar-refractivity contribution is 7.89. The first-order valence-corrected chi connectivity index (χ1v) is 12.5. The van der Waals surface area contributed by atoms with E-state index in [1.165, 1.54) is 0 Å². The van der Waals surface area contributed by atoms with Gasteiger partial charge >= 0.3 is 5.76 Å². The number of hydrogen-bond donors (Lipinski definition) is 2. The average molecular weight is 461 g/mol. The van der Waals surface area contributed by atoms with Crippen LogP contribution in [-0.2, 0) is 20.4 Å². The fourth-order valence-corrected chi connectivity index (χ4v) is 4.56. The number of nitrogens with zero attached hydrogens (tertiary/aromatic N) is 2. The first-order chi connectivity index (χ1) is 14.8. The van der Waals surface area contributed by atoms with E-state index in [0.717, 1.165) is 12.7 Å². The van der Waals surface area contributed by atoms with Gasteiger partial charge in [0.05, 0.1) is 17.2 Å². The van der Waals surface area contributed by atoms with Gasteiger partial charge in [-0.1, -0.05) is 32.9 Å². The molecule has 0 bridgehead atoms. The summed E-state index contributed by atoms with van der Waals surface area (Å²) in [6.45, 7) is 5.94. The third-order valence-corrected chi connectivity index (χ3v) is 6.22. The first-order valence-electron chi connectivity index (χ1n) is 10.4. The van der Waals surface area contributed by atoms with Gasteiger partial charge in [-0.3, -0.25) is 4.79 Å². The quantitative estimate of drug-likeness (QED) is 0.642. The lowest BCUT2D eigenvalue weighted by Gasteiger charge is -2.37. The van der Waals surface area contributed by atoms with Gasteiger partial charge in [0.1, 0.15) is 23.0 Å². The molecule has 1 aliphatic carbocycles. The van der Waals surface area contributed by atoms with Gasteiger partial charge in [-0.15, -0.1) is 0 Å². The van der Waals surface area contributed by atoms with Crippen molar-refractivity contribution in [1.82, 2.24) is 10.3 Å². The van der Waals surface area contributed by atoms with E-state index >= 15 is 0 Å². The summed E-state index contributed by atoms with van der Waals surface area (Å²) in [6, 6.07) is 6.30. The number of carbonyl (C=O) groups is 1. The molecule has 3 rings (SSSR count). The van der Waals surface area contributed by atoms with E-state index in [1.54, 1.807) is 18.2 Å². The highest BCUT2D eigenvalue weighted by atomic mass is 32.2. The second-order valence-electron chi connectivity index (χ2n) is 9.69. The number of amides is 1. The Morgan fingerprint density at radius 3 is 2.56 bits per heavy atom. The summed E-state index contributed by atoms with van der Waals surface area (Å²) in [5, 5.41) is 15.8. The monoisotopic (exact) mass is 460 g/mol. The predicted molar refractivity (Wildman–Crippen MR) is 121 cm³/mol. The molecule has 1 aromatic carbocycles. The van der Waals surface area contributed by atoms with Gasteiger partial charge < -0.3 is 15.1 Å². The summed E-state index contributed by atoms with van der Waals surface area (Å²) in [7, 11) is -3.37. The Hall–Kier alpha value is -2.93. The Bertz CT molecular complexity index is 1230. The van der Waals surface area contributed by atoms with E-state index in [9.17, 15) is 23.3 Å². The second-order valence-corrected chi connectivity index (χ2v) is 11.8. The van der Waals surface area contributed by atoms with Crippen LogP contribution in [0.1, 0.15) is 52.0 Å². The van der Waals surface area contributed by atoms with Crippen LogP contribution in [0.2, 0.25) is 0 Å². The number of nitriles is 1. The minimum Gasteiger partial charge on any atom is -0.408 e. The zero-order valence-corrected chi connectivity index (χ0v) is 19.5. The molecule has 10 heteroatoms. The number of aromatic nitrogens is 1. The Labute approximate surface area is 187 Å². The molecule has 2 N–H and O–H groups in total. The second kappa shape index (κ2) is 8.54. The lowest BCUT2D eigenvalue weighted by molar-refractivity contribution is -0.124. The molecule has 0 saturated heterocycles. The van der Waals surface area contributed by atoms with Crippen molar-refractivity contribution in [1.29, 1.82) is 5.26 Å². The van der Waals surface area contributed by atoms with Crippen LogP contribution in [0.4, 0.5) is 5.82 Å². The Kier molecular flexibility index (Phi) is 6.33. The lowest BCUT2D eigenvalue weighted by atomic mass is 9.77. The van der Waals surface area contributed by atoms with E-state index in [4.69, 9.17) is 4.42 Å². The van der Waals surface area contributed by atoms with E-state index in [-0.39, 0.29) is 28.5 Å². The van der Waals surface area contributed by atoms with Gasteiger partial charge in [0.25, 0.3) is 0 Å². The summed E-state index contributed by atoms with van der Waals surface area (Å²) >= 11 is 0. The highest BCUT2D eigenvalue weighted by Crippen LogP contribution is 2.32. The minimum absolute atomic E-state index is 0.114. The number of para-hydroxylation sites is 1. The van der Waals surface area contributed by atoms with E-state index in [1.807, 2.05) is 20.8 Å². The smallest absolute Gasteiger partial charge is 0.408 e. The van der Waals surface area contributed by atoms with Crippen LogP contribution in [0.5, 0.6) is 0 Å². The van der Waals surface area contributed by atoms with Gasteiger partial charge in [0, 0.05) is 11.8 Å². The third-order valence-electron chi connectivity index (χ3n) is 5.39. The molecular weight excluding hydrogens is 432 g/mol. The van der Waals surface area contributed by atoms with Crippen molar-refractivity contribution in [3.05, 3.63) is 34.3 Å². The van der Waals surface area contributed by atoms with Crippen LogP contribution in [-0.4, -0.2) is 37.1 Å². The highest BCUT2D eigenvalue weighted by Gasteiger charge is 2.40. The molecule has 2 aromatic rings. The van der Waals surface area contributed by atoms with Crippen LogP contribution >= 0.6 is 0 Å². The molecule has 0 aliphatic heterocycles. The zero-order chi connectivity index (χ0) is 23.7. The number of hydrogen-bond acceptors (Lipinski definition) is 8. The van der Waals surface area contributed by atoms with Gasteiger partial charge in [-0.25, -0.2) is 13.2 Å². The number of nitrogens with one attached hydrogen (secondary N) is 2. The van der Waals surface area contributed by atoms with Crippen LogP contribution in [0.15, 0.2) is 27.4 Å². The van der Waals surface area contributed by atoms with Crippen LogP contribution in [0.3, 0.4) is 0 Å².